The van der Waals surface area contributed by atoms with Crippen LogP contribution in [0.5, 0.6) is 17.2 Å². The number of hydrogen-bond acceptors (Lipinski definition) is 7. The molecule has 0 bridgehead atoms. The predicted octanol–water partition coefficient (Wildman–Crippen LogP) is 4.22. The molecule has 0 spiro atoms. The third-order valence-electron chi connectivity index (χ3n) is 5.78. The second-order valence-corrected chi connectivity index (χ2v) is 9.69. The van der Waals surface area contributed by atoms with Crippen LogP contribution in [-0.4, -0.2) is 48.4 Å². The van der Waals surface area contributed by atoms with Crippen molar-refractivity contribution in [2.24, 2.45) is 4.99 Å². The van der Waals surface area contributed by atoms with Crippen molar-refractivity contribution in [1.29, 1.82) is 0 Å². The molecule has 2 aliphatic rings. The molecule has 0 radical (unpaired) electrons. The Labute approximate surface area is 185 Å². The van der Waals surface area contributed by atoms with Gasteiger partial charge in [0.05, 0.1) is 48.8 Å². The van der Waals surface area contributed by atoms with Gasteiger partial charge in [-0.05, 0) is 51.3 Å². The second kappa shape index (κ2) is 8.27. The molecule has 1 saturated heterocycles. The van der Waals surface area contributed by atoms with Gasteiger partial charge in [-0.3, -0.25) is 14.6 Å². The molecule has 1 aromatic heterocycles. The first-order valence-electron chi connectivity index (χ1n) is 10.3. The van der Waals surface area contributed by atoms with E-state index in [0.29, 0.717) is 35.2 Å². The van der Waals surface area contributed by atoms with Crippen molar-refractivity contribution in [2.45, 2.75) is 50.5 Å². The highest BCUT2D eigenvalue weighted by Gasteiger charge is 2.36. The molecular formula is C22H29N3O5S. The monoisotopic (exact) mass is 447 g/mol. The maximum atomic E-state index is 13.1. The molecule has 1 N–H and O–H groups in total. The molecular weight excluding hydrogens is 418 g/mol. The van der Waals surface area contributed by atoms with E-state index >= 15 is 0 Å². The number of ether oxygens (including phenoxy) is 4. The lowest BCUT2D eigenvalue weighted by molar-refractivity contribution is -0.0705. The summed E-state index contributed by atoms with van der Waals surface area (Å²) in [6.45, 7) is 6.78. The first-order valence-corrected chi connectivity index (χ1v) is 11.2. The molecule has 4 rings (SSSR count). The number of thioether (sulfide) groups is 1. The third-order valence-corrected chi connectivity index (χ3v) is 6.95. The molecule has 2 aliphatic heterocycles. The van der Waals surface area contributed by atoms with Gasteiger partial charge < -0.3 is 18.9 Å². The summed E-state index contributed by atoms with van der Waals surface area (Å²) in [5, 5.41) is 3.72. The van der Waals surface area contributed by atoms with Crippen molar-refractivity contribution < 1.29 is 18.9 Å². The zero-order chi connectivity index (χ0) is 22.3. The molecule has 0 unspecified atom stereocenters. The number of aromatic amines is 1. The Balaban J connectivity index is 1.82. The van der Waals surface area contributed by atoms with Crippen molar-refractivity contribution in [3.63, 3.8) is 0 Å². The van der Waals surface area contributed by atoms with Crippen molar-refractivity contribution in [3.8, 4) is 17.2 Å². The van der Waals surface area contributed by atoms with Crippen molar-refractivity contribution in [2.75, 3.05) is 27.9 Å². The minimum Gasteiger partial charge on any atom is -0.493 e. The van der Waals surface area contributed by atoms with Gasteiger partial charge in [0.15, 0.2) is 17.3 Å². The van der Waals surface area contributed by atoms with Crippen molar-refractivity contribution in [3.05, 3.63) is 33.6 Å². The highest BCUT2D eigenvalue weighted by Crippen LogP contribution is 2.49. The van der Waals surface area contributed by atoms with E-state index in [-0.39, 0.29) is 22.5 Å². The lowest BCUT2D eigenvalue weighted by atomic mass is 9.94. The number of hydrogen-bond donors (Lipinski definition) is 1. The molecule has 0 amide bonds. The summed E-state index contributed by atoms with van der Waals surface area (Å²) >= 11 is 1.55. The lowest BCUT2D eigenvalue weighted by Crippen LogP contribution is -2.35. The number of benzene rings is 1. The fourth-order valence-electron chi connectivity index (χ4n) is 4.38. The van der Waals surface area contributed by atoms with Crippen LogP contribution in [0.3, 0.4) is 0 Å². The van der Waals surface area contributed by atoms with E-state index in [1.54, 1.807) is 33.1 Å². The Kier molecular flexibility index (Phi) is 5.83. The number of H-pyrrole nitrogens is 1. The predicted molar refractivity (Wildman–Crippen MR) is 122 cm³/mol. The van der Waals surface area contributed by atoms with Gasteiger partial charge in [0, 0.05) is 6.61 Å². The zero-order valence-corrected chi connectivity index (χ0v) is 19.6. The largest absolute Gasteiger partial charge is 0.493 e. The first kappa shape index (κ1) is 21.8. The van der Waals surface area contributed by atoms with Crippen LogP contribution in [-0.2, 0) is 4.74 Å². The smallest absolute Gasteiger partial charge is 0.271 e. The second-order valence-electron chi connectivity index (χ2n) is 8.39. The quantitative estimate of drug-likeness (QED) is 0.739. The number of nitrogens with zero attached hydrogens (tertiary/aromatic N) is 2. The van der Waals surface area contributed by atoms with Gasteiger partial charge in [0.2, 0.25) is 5.75 Å². The molecule has 2 aromatic rings. The zero-order valence-electron chi connectivity index (χ0n) is 18.8. The van der Waals surface area contributed by atoms with Gasteiger partial charge in [-0.1, -0.05) is 11.8 Å². The van der Waals surface area contributed by atoms with Crippen LogP contribution in [0.1, 0.15) is 56.0 Å². The van der Waals surface area contributed by atoms with Crippen molar-refractivity contribution >= 4 is 22.6 Å². The lowest BCUT2D eigenvalue weighted by Gasteiger charge is -2.36. The molecule has 0 saturated carbocycles. The van der Waals surface area contributed by atoms with E-state index in [9.17, 15) is 4.79 Å². The minimum atomic E-state index is -0.241. The van der Waals surface area contributed by atoms with Gasteiger partial charge in [-0.25, -0.2) is 4.99 Å². The molecule has 2 atom stereocenters. The Morgan fingerprint density at radius 3 is 2.45 bits per heavy atom. The van der Waals surface area contributed by atoms with Gasteiger partial charge in [-0.15, -0.1) is 0 Å². The topological polar surface area (TPSA) is 87.1 Å². The van der Waals surface area contributed by atoms with Crippen molar-refractivity contribution in [1.82, 2.24) is 9.78 Å². The van der Waals surface area contributed by atoms with Gasteiger partial charge in [-0.2, -0.15) is 0 Å². The number of aromatic nitrogens is 2. The van der Waals surface area contributed by atoms with Gasteiger partial charge in [0.1, 0.15) is 0 Å². The van der Waals surface area contributed by atoms with E-state index < -0.39 is 0 Å². The van der Waals surface area contributed by atoms with E-state index in [0.717, 1.165) is 23.4 Å². The maximum Gasteiger partial charge on any atom is 0.271 e. The standard InChI is InChI=1S/C22H29N3O5S/c1-12-23-20-17(21(26)24-25(20)14-7-8-30-22(2,3)11-14)19(31-12)13-9-15(27-4)18(29-6)16(10-13)28-5/h9-10,14,19H,7-8,11H2,1-6H3,(H,24,26)/t14-,19+/m0/s1. The minimum absolute atomic E-state index is 0.123. The Bertz CT molecular complexity index is 1050. The number of fused-ring (bicyclic) bond motifs is 1. The Hall–Kier alpha value is -2.39. The normalized spacial score (nSPS) is 22.5. The number of rotatable bonds is 5. The molecule has 3 heterocycles. The van der Waals surface area contributed by atoms with Crippen LogP contribution in [0.4, 0.5) is 5.82 Å². The SMILES string of the molecule is COc1cc([C@H]2SC(C)=Nc3c2c(=O)[nH]n3[C@H]2CCOC(C)(C)C2)cc(OC)c1OC. The Morgan fingerprint density at radius 1 is 1.19 bits per heavy atom. The molecule has 1 aromatic carbocycles. The summed E-state index contributed by atoms with van der Waals surface area (Å²) in [5.74, 6) is 2.33. The van der Waals surface area contributed by atoms with Crippen LogP contribution in [0.2, 0.25) is 0 Å². The average molecular weight is 448 g/mol. The fourth-order valence-corrected chi connectivity index (χ4v) is 5.46. The summed E-state index contributed by atoms with van der Waals surface area (Å²) in [6, 6.07) is 3.92. The molecule has 31 heavy (non-hydrogen) atoms. The fraction of sp³-hybridized carbons (Fsp3) is 0.545. The number of aliphatic imine (C=N–C) groups is 1. The molecule has 168 valence electrons. The summed E-state index contributed by atoms with van der Waals surface area (Å²) in [4.78, 5) is 17.9. The van der Waals surface area contributed by atoms with E-state index in [1.807, 2.05) is 23.7 Å². The van der Waals surface area contributed by atoms with Crippen LogP contribution in [0.15, 0.2) is 21.9 Å². The number of methoxy groups -OCH3 is 3. The summed E-state index contributed by atoms with van der Waals surface area (Å²) in [7, 11) is 4.75. The first-order chi connectivity index (χ1) is 14.8. The summed E-state index contributed by atoms with van der Waals surface area (Å²) < 4.78 is 24.3. The van der Waals surface area contributed by atoms with E-state index in [1.165, 1.54) is 0 Å². The van der Waals surface area contributed by atoms with E-state index in [4.69, 9.17) is 23.9 Å². The van der Waals surface area contributed by atoms with Crippen LogP contribution >= 0.6 is 11.8 Å². The number of nitrogens with one attached hydrogen (secondary N) is 1. The van der Waals surface area contributed by atoms with Gasteiger partial charge in [0.25, 0.3) is 5.56 Å². The Morgan fingerprint density at radius 2 is 1.87 bits per heavy atom. The molecule has 9 heteroatoms. The molecule has 8 nitrogen and oxygen atoms in total. The van der Waals surface area contributed by atoms with Gasteiger partial charge >= 0.3 is 0 Å². The average Bonchev–Trinajstić information content (AvgIpc) is 3.07. The summed E-state index contributed by atoms with van der Waals surface area (Å²) in [6.07, 6.45) is 1.64. The van der Waals surface area contributed by atoms with Crippen LogP contribution in [0, 0.1) is 0 Å². The highest BCUT2D eigenvalue weighted by molar-refractivity contribution is 8.14. The highest BCUT2D eigenvalue weighted by atomic mass is 32.2. The van der Waals surface area contributed by atoms with E-state index in [2.05, 4.69) is 18.9 Å². The summed E-state index contributed by atoms with van der Waals surface area (Å²) in [5.41, 5.74) is 1.18. The third kappa shape index (κ3) is 3.96. The molecule has 1 fully saturated rings. The van der Waals surface area contributed by atoms with Crippen LogP contribution < -0.4 is 19.8 Å². The van der Waals surface area contributed by atoms with Crippen LogP contribution in [0.25, 0.3) is 0 Å². The maximum absolute atomic E-state index is 13.1. The molecule has 0 aliphatic carbocycles.